The van der Waals surface area contributed by atoms with Gasteiger partial charge in [0.2, 0.25) is 0 Å². The molecule has 0 aliphatic carbocycles. The molecule has 0 fully saturated rings. The molecule has 1 atom stereocenters. The van der Waals surface area contributed by atoms with Crippen LogP contribution in [0.5, 0.6) is 0 Å². The van der Waals surface area contributed by atoms with Crippen LogP contribution in [0.25, 0.3) is 0 Å². The highest BCUT2D eigenvalue weighted by Gasteiger charge is 2.05. The van der Waals surface area contributed by atoms with Crippen molar-refractivity contribution in [3.63, 3.8) is 0 Å². The van der Waals surface area contributed by atoms with Crippen LogP contribution in [0.4, 0.5) is 0 Å². The second-order valence-electron chi connectivity index (χ2n) is 4.27. The fraction of sp³-hybridized carbons (Fsp3) is 0.769. The number of ether oxygens (including phenoxy) is 3. The molecule has 0 saturated heterocycles. The minimum atomic E-state index is 0.0730. The van der Waals surface area contributed by atoms with Gasteiger partial charge in [0.1, 0.15) is 0 Å². The molecule has 19 heavy (non-hydrogen) atoms. The summed E-state index contributed by atoms with van der Waals surface area (Å²) >= 11 is 0. The first-order valence-electron chi connectivity index (χ1n) is 6.70. The first-order chi connectivity index (χ1) is 9.27. The fourth-order valence-electron chi connectivity index (χ4n) is 1.55. The normalized spacial score (nSPS) is 12.8. The SMILES string of the molecule is CCC(N)c1cnn(CCOCCOCCOC)c1. The number of nitrogens with two attached hydrogens (primary N) is 1. The number of rotatable bonds is 11. The van der Waals surface area contributed by atoms with Gasteiger partial charge in [-0.15, -0.1) is 0 Å². The van der Waals surface area contributed by atoms with Gasteiger partial charge < -0.3 is 19.9 Å². The van der Waals surface area contributed by atoms with Crippen molar-refractivity contribution in [1.29, 1.82) is 0 Å². The molecule has 0 bridgehead atoms. The van der Waals surface area contributed by atoms with Gasteiger partial charge in [-0.05, 0) is 6.42 Å². The molecule has 1 heterocycles. The lowest BCUT2D eigenvalue weighted by Gasteiger charge is -2.06. The third kappa shape index (κ3) is 6.68. The summed E-state index contributed by atoms with van der Waals surface area (Å²) in [7, 11) is 1.66. The molecule has 110 valence electrons. The van der Waals surface area contributed by atoms with Crippen LogP contribution in [-0.2, 0) is 20.8 Å². The van der Waals surface area contributed by atoms with Gasteiger partial charge >= 0.3 is 0 Å². The van der Waals surface area contributed by atoms with Crippen molar-refractivity contribution in [3.8, 4) is 0 Å². The maximum absolute atomic E-state index is 5.93. The molecule has 1 aromatic rings. The molecule has 0 radical (unpaired) electrons. The smallest absolute Gasteiger partial charge is 0.0701 e. The molecular formula is C13H25N3O3. The van der Waals surface area contributed by atoms with E-state index in [2.05, 4.69) is 12.0 Å². The molecule has 0 aliphatic rings. The monoisotopic (exact) mass is 271 g/mol. The zero-order chi connectivity index (χ0) is 13.9. The molecular weight excluding hydrogens is 246 g/mol. The predicted molar refractivity (Wildman–Crippen MR) is 73.0 cm³/mol. The van der Waals surface area contributed by atoms with E-state index in [0.717, 1.165) is 18.5 Å². The maximum atomic E-state index is 5.93. The van der Waals surface area contributed by atoms with Crippen molar-refractivity contribution in [2.45, 2.75) is 25.9 Å². The van der Waals surface area contributed by atoms with Crippen molar-refractivity contribution >= 4 is 0 Å². The summed E-state index contributed by atoms with van der Waals surface area (Å²) in [5.41, 5.74) is 7.01. The van der Waals surface area contributed by atoms with Crippen molar-refractivity contribution in [2.24, 2.45) is 5.73 Å². The van der Waals surface area contributed by atoms with Gasteiger partial charge in [0, 0.05) is 24.9 Å². The third-order valence-corrected chi connectivity index (χ3v) is 2.79. The highest BCUT2D eigenvalue weighted by atomic mass is 16.5. The van der Waals surface area contributed by atoms with Gasteiger partial charge in [0.05, 0.1) is 45.8 Å². The summed E-state index contributed by atoms with van der Waals surface area (Å²) in [6, 6.07) is 0.0730. The van der Waals surface area contributed by atoms with E-state index in [9.17, 15) is 0 Å². The summed E-state index contributed by atoms with van der Waals surface area (Å²) in [6.45, 7) is 5.82. The summed E-state index contributed by atoms with van der Waals surface area (Å²) in [5.74, 6) is 0. The van der Waals surface area contributed by atoms with Crippen molar-refractivity contribution < 1.29 is 14.2 Å². The Bertz CT molecular complexity index is 331. The number of hydrogen-bond donors (Lipinski definition) is 1. The van der Waals surface area contributed by atoms with Gasteiger partial charge in [0.25, 0.3) is 0 Å². The Morgan fingerprint density at radius 1 is 1.21 bits per heavy atom. The highest BCUT2D eigenvalue weighted by molar-refractivity contribution is 5.09. The van der Waals surface area contributed by atoms with Crippen molar-refractivity contribution in [2.75, 3.05) is 40.1 Å². The Kier molecular flexibility index (Phi) is 8.40. The van der Waals surface area contributed by atoms with Crippen LogP contribution in [0.2, 0.25) is 0 Å². The molecule has 0 saturated carbocycles. The van der Waals surface area contributed by atoms with Gasteiger partial charge in [0.15, 0.2) is 0 Å². The van der Waals surface area contributed by atoms with Crippen LogP contribution in [0, 0.1) is 0 Å². The van der Waals surface area contributed by atoms with E-state index in [0.29, 0.717) is 33.0 Å². The Balaban J connectivity index is 2.04. The van der Waals surface area contributed by atoms with Crippen LogP contribution >= 0.6 is 0 Å². The summed E-state index contributed by atoms with van der Waals surface area (Å²) in [6.07, 6.45) is 4.72. The van der Waals surface area contributed by atoms with E-state index in [4.69, 9.17) is 19.9 Å². The molecule has 2 N–H and O–H groups in total. The van der Waals surface area contributed by atoms with Crippen molar-refractivity contribution in [1.82, 2.24) is 9.78 Å². The Morgan fingerprint density at radius 2 is 1.89 bits per heavy atom. The van der Waals surface area contributed by atoms with E-state index >= 15 is 0 Å². The summed E-state index contributed by atoms with van der Waals surface area (Å²) in [5, 5.41) is 4.25. The highest BCUT2D eigenvalue weighted by Crippen LogP contribution is 2.11. The average Bonchev–Trinajstić information content (AvgIpc) is 2.89. The minimum Gasteiger partial charge on any atom is -0.382 e. The van der Waals surface area contributed by atoms with E-state index in [1.807, 2.05) is 17.1 Å². The van der Waals surface area contributed by atoms with E-state index in [1.54, 1.807) is 7.11 Å². The lowest BCUT2D eigenvalue weighted by atomic mass is 10.1. The standard InChI is InChI=1S/C13H25N3O3/c1-3-13(14)12-10-15-16(11-12)4-5-18-8-9-19-7-6-17-2/h10-11,13H,3-9,14H2,1-2H3. The molecule has 1 unspecified atom stereocenters. The van der Waals surface area contributed by atoms with Crippen LogP contribution in [0.3, 0.4) is 0 Å². The van der Waals surface area contributed by atoms with Gasteiger partial charge in [-0.3, -0.25) is 4.68 Å². The average molecular weight is 271 g/mol. The first kappa shape index (κ1) is 16.1. The Labute approximate surface area is 114 Å². The second kappa shape index (κ2) is 9.91. The van der Waals surface area contributed by atoms with Crippen LogP contribution in [0.1, 0.15) is 24.9 Å². The van der Waals surface area contributed by atoms with Crippen LogP contribution in [-0.4, -0.2) is 49.9 Å². The molecule has 0 spiro atoms. The molecule has 6 heteroatoms. The van der Waals surface area contributed by atoms with Gasteiger partial charge in [-0.25, -0.2) is 0 Å². The minimum absolute atomic E-state index is 0.0730. The topological polar surface area (TPSA) is 71.5 Å². The largest absolute Gasteiger partial charge is 0.382 e. The summed E-state index contributed by atoms with van der Waals surface area (Å²) in [4.78, 5) is 0. The summed E-state index contributed by atoms with van der Waals surface area (Å²) < 4.78 is 17.5. The van der Waals surface area contributed by atoms with E-state index in [1.165, 1.54) is 0 Å². The van der Waals surface area contributed by atoms with Crippen LogP contribution in [0.15, 0.2) is 12.4 Å². The molecule has 0 aliphatic heterocycles. The number of hydrogen-bond acceptors (Lipinski definition) is 5. The molecule has 1 rings (SSSR count). The fourth-order valence-corrected chi connectivity index (χ4v) is 1.55. The predicted octanol–water partition coefficient (Wildman–Crippen LogP) is 0.972. The second-order valence-corrected chi connectivity index (χ2v) is 4.27. The lowest BCUT2D eigenvalue weighted by Crippen LogP contribution is -2.12. The molecule has 0 aromatic carbocycles. The number of methoxy groups -OCH3 is 1. The molecule has 1 aromatic heterocycles. The van der Waals surface area contributed by atoms with E-state index < -0.39 is 0 Å². The zero-order valence-electron chi connectivity index (χ0n) is 11.9. The molecule has 0 amide bonds. The van der Waals surface area contributed by atoms with Crippen LogP contribution < -0.4 is 5.73 Å². The molecule has 6 nitrogen and oxygen atoms in total. The van der Waals surface area contributed by atoms with Gasteiger partial charge in [-0.1, -0.05) is 6.92 Å². The van der Waals surface area contributed by atoms with Gasteiger partial charge in [-0.2, -0.15) is 5.10 Å². The third-order valence-electron chi connectivity index (χ3n) is 2.79. The zero-order valence-corrected chi connectivity index (χ0v) is 11.9. The lowest BCUT2D eigenvalue weighted by molar-refractivity contribution is 0.0225. The number of nitrogens with zero attached hydrogens (tertiary/aromatic N) is 2. The maximum Gasteiger partial charge on any atom is 0.0701 e. The Morgan fingerprint density at radius 3 is 2.58 bits per heavy atom. The first-order valence-corrected chi connectivity index (χ1v) is 6.70. The van der Waals surface area contributed by atoms with Crippen molar-refractivity contribution in [3.05, 3.63) is 18.0 Å². The quantitative estimate of drug-likeness (QED) is 0.607. The Hall–Kier alpha value is -0.950. The van der Waals surface area contributed by atoms with E-state index in [-0.39, 0.29) is 6.04 Å². The number of aromatic nitrogens is 2.